The second kappa shape index (κ2) is 4.03. The molecule has 0 saturated heterocycles. The molecule has 0 radical (unpaired) electrons. The summed E-state index contributed by atoms with van der Waals surface area (Å²) in [5.74, 6) is -0.501. The average Bonchev–Trinajstić information content (AvgIpc) is 2.59. The summed E-state index contributed by atoms with van der Waals surface area (Å²) >= 11 is 0. The highest BCUT2D eigenvalue weighted by Gasteiger charge is 2.25. The summed E-state index contributed by atoms with van der Waals surface area (Å²) in [7, 11) is 0. The van der Waals surface area contributed by atoms with Gasteiger partial charge in [-0.25, -0.2) is 0 Å². The van der Waals surface area contributed by atoms with Gasteiger partial charge in [0.2, 0.25) is 0 Å². The highest BCUT2D eigenvalue weighted by Crippen LogP contribution is 2.28. The first-order valence-electron chi connectivity index (χ1n) is 5.22. The number of aliphatic carboxylic acids is 1. The van der Waals surface area contributed by atoms with Gasteiger partial charge in [-0.2, -0.15) is 0 Å². The molecule has 15 heavy (non-hydrogen) atoms. The molecule has 1 aliphatic rings. The van der Waals surface area contributed by atoms with Crippen LogP contribution in [-0.2, 0) is 17.6 Å². The lowest BCUT2D eigenvalue weighted by molar-refractivity contribution is -0.138. The van der Waals surface area contributed by atoms with Crippen LogP contribution in [0.15, 0.2) is 24.3 Å². The van der Waals surface area contributed by atoms with Crippen LogP contribution >= 0.6 is 0 Å². The maximum atomic E-state index is 10.6. The zero-order valence-corrected chi connectivity index (χ0v) is 8.52. The minimum absolute atomic E-state index is 0.397. The van der Waals surface area contributed by atoms with Crippen molar-refractivity contribution in [1.29, 1.82) is 0 Å². The molecule has 0 saturated carbocycles. The Morgan fingerprint density at radius 3 is 2.40 bits per heavy atom. The zero-order chi connectivity index (χ0) is 10.8. The topological polar surface area (TPSA) is 63.3 Å². The van der Waals surface area contributed by atoms with E-state index in [-0.39, 0.29) is 0 Å². The molecule has 0 amide bonds. The number of rotatable bonds is 3. The number of hydrogen-bond donors (Lipinski definition) is 2. The normalized spacial score (nSPS) is 17.4. The third-order valence-electron chi connectivity index (χ3n) is 3.04. The lowest BCUT2D eigenvalue weighted by Gasteiger charge is -2.11. The van der Waals surface area contributed by atoms with E-state index in [1.165, 1.54) is 11.1 Å². The molecule has 0 bridgehead atoms. The predicted octanol–water partition coefficient (Wildman–Crippen LogP) is 1.20. The molecule has 0 aromatic heterocycles. The van der Waals surface area contributed by atoms with E-state index in [4.69, 9.17) is 10.8 Å². The summed E-state index contributed by atoms with van der Waals surface area (Å²) in [6.07, 6.45) is 2.51. The number of carboxylic acids is 1. The maximum absolute atomic E-state index is 10.6. The van der Waals surface area contributed by atoms with Gasteiger partial charge in [0.1, 0.15) is 6.04 Å². The van der Waals surface area contributed by atoms with E-state index in [1.807, 2.05) is 12.1 Å². The minimum atomic E-state index is -0.897. The lowest BCUT2D eigenvalue weighted by Crippen LogP contribution is -2.32. The SMILES string of the molecule is NC(CC1Cc2ccccc2C1)C(=O)O. The van der Waals surface area contributed by atoms with Crippen molar-refractivity contribution in [2.45, 2.75) is 25.3 Å². The Hall–Kier alpha value is -1.35. The first kappa shape index (κ1) is 10.2. The van der Waals surface area contributed by atoms with E-state index in [0.717, 1.165) is 12.8 Å². The van der Waals surface area contributed by atoms with Gasteiger partial charge in [-0.1, -0.05) is 24.3 Å². The van der Waals surface area contributed by atoms with Crippen LogP contribution in [0.25, 0.3) is 0 Å². The first-order chi connectivity index (χ1) is 7.16. The summed E-state index contributed by atoms with van der Waals surface area (Å²) in [6, 6.07) is 7.56. The van der Waals surface area contributed by atoms with Crippen molar-refractivity contribution >= 4 is 5.97 Å². The number of benzene rings is 1. The highest BCUT2D eigenvalue weighted by molar-refractivity contribution is 5.73. The minimum Gasteiger partial charge on any atom is -0.480 e. The molecular weight excluding hydrogens is 190 g/mol. The van der Waals surface area contributed by atoms with Gasteiger partial charge in [-0.05, 0) is 36.3 Å². The van der Waals surface area contributed by atoms with E-state index >= 15 is 0 Å². The average molecular weight is 205 g/mol. The van der Waals surface area contributed by atoms with Gasteiger partial charge in [-0.3, -0.25) is 4.79 Å². The van der Waals surface area contributed by atoms with Crippen molar-refractivity contribution in [2.24, 2.45) is 11.7 Å². The van der Waals surface area contributed by atoms with Crippen molar-refractivity contribution in [3.05, 3.63) is 35.4 Å². The van der Waals surface area contributed by atoms with Crippen LogP contribution in [0.5, 0.6) is 0 Å². The second-order valence-corrected chi connectivity index (χ2v) is 4.22. The van der Waals surface area contributed by atoms with E-state index in [2.05, 4.69) is 12.1 Å². The Kier molecular flexibility index (Phi) is 2.73. The zero-order valence-electron chi connectivity index (χ0n) is 8.52. The third-order valence-corrected chi connectivity index (χ3v) is 3.04. The van der Waals surface area contributed by atoms with E-state index in [0.29, 0.717) is 12.3 Å². The van der Waals surface area contributed by atoms with Gasteiger partial charge < -0.3 is 10.8 Å². The Labute approximate surface area is 88.9 Å². The number of carbonyl (C=O) groups is 1. The van der Waals surface area contributed by atoms with Crippen molar-refractivity contribution in [3.8, 4) is 0 Å². The summed E-state index contributed by atoms with van der Waals surface area (Å²) < 4.78 is 0. The van der Waals surface area contributed by atoms with Crippen LogP contribution in [0.3, 0.4) is 0 Å². The fourth-order valence-corrected chi connectivity index (χ4v) is 2.28. The van der Waals surface area contributed by atoms with E-state index in [1.54, 1.807) is 0 Å². The molecule has 2 rings (SSSR count). The fourth-order valence-electron chi connectivity index (χ4n) is 2.28. The molecule has 0 fully saturated rings. The summed E-state index contributed by atoms with van der Waals surface area (Å²) in [6.45, 7) is 0. The maximum Gasteiger partial charge on any atom is 0.320 e. The van der Waals surface area contributed by atoms with E-state index < -0.39 is 12.0 Å². The number of nitrogens with two attached hydrogens (primary N) is 1. The Balaban J connectivity index is 1.99. The molecule has 3 heteroatoms. The Bertz CT molecular complexity index is 351. The summed E-state index contributed by atoms with van der Waals surface area (Å²) in [5, 5.41) is 8.73. The molecule has 1 atom stereocenters. The van der Waals surface area contributed by atoms with Crippen molar-refractivity contribution in [1.82, 2.24) is 0 Å². The molecule has 1 aromatic rings. The van der Waals surface area contributed by atoms with Crippen LogP contribution in [0.4, 0.5) is 0 Å². The predicted molar refractivity (Wildman–Crippen MR) is 57.6 cm³/mol. The molecule has 80 valence electrons. The molecule has 1 unspecified atom stereocenters. The summed E-state index contributed by atoms with van der Waals surface area (Å²) in [4.78, 5) is 10.6. The van der Waals surface area contributed by atoms with Crippen molar-refractivity contribution in [3.63, 3.8) is 0 Å². The van der Waals surface area contributed by atoms with Crippen LogP contribution < -0.4 is 5.73 Å². The number of hydrogen-bond acceptors (Lipinski definition) is 2. The van der Waals surface area contributed by atoms with Gasteiger partial charge in [0.15, 0.2) is 0 Å². The van der Waals surface area contributed by atoms with Crippen LogP contribution in [0, 0.1) is 5.92 Å². The van der Waals surface area contributed by atoms with Crippen LogP contribution in [0.2, 0.25) is 0 Å². The smallest absolute Gasteiger partial charge is 0.320 e. The largest absolute Gasteiger partial charge is 0.480 e. The second-order valence-electron chi connectivity index (χ2n) is 4.22. The molecule has 1 aliphatic carbocycles. The monoisotopic (exact) mass is 205 g/mol. The molecule has 1 aromatic carbocycles. The van der Waals surface area contributed by atoms with Gasteiger partial charge >= 0.3 is 5.97 Å². The quantitative estimate of drug-likeness (QED) is 0.779. The first-order valence-corrected chi connectivity index (χ1v) is 5.22. The van der Waals surface area contributed by atoms with Gasteiger partial charge in [0, 0.05) is 0 Å². The van der Waals surface area contributed by atoms with Crippen LogP contribution in [0.1, 0.15) is 17.5 Å². The van der Waals surface area contributed by atoms with Gasteiger partial charge in [0.25, 0.3) is 0 Å². The van der Waals surface area contributed by atoms with Crippen molar-refractivity contribution < 1.29 is 9.90 Å². The molecular formula is C12H15NO2. The molecule has 3 N–H and O–H groups in total. The van der Waals surface area contributed by atoms with E-state index in [9.17, 15) is 4.79 Å². The Morgan fingerprint density at radius 2 is 1.93 bits per heavy atom. The molecule has 0 spiro atoms. The van der Waals surface area contributed by atoms with Gasteiger partial charge in [-0.15, -0.1) is 0 Å². The molecule has 3 nitrogen and oxygen atoms in total. The number of fused-ring (bicyclic) bond motifs is 1. The summed E-state index contributed by atoms with van der Waals surface area (Å²) in [5.41, 5.74) is 8.23. The molecule has 0 heterocycles. The number of carboxylic acid groups (broad SMARTS) is 1. The van der Waals surface area contributed by atoms with Crippen molar-refractivity contribution in [2.75, 3.05) is 0 Å². The Morgan fingerprint density at radius 1 is 1.40 bits per heavy atom. The third kappa shape index (κ3) is 2.18. The fraction of sp³-hybridized carbons (Fsp3) is 0.417. The standard InChI is InChI=1S/C12H15NO2/c13-11(12(14)15)7-8-5-9-3-1-2-4-10(9)6-8/h1-4,8,11H,5-7,13H2,(H,14,15). The highest BCUT2D eigenvalue weighted by atomic mass is 16.4. The van der Waals surface area contributed by atoms with Gasteiger partial charge in [0.05, 0.1) is 0 Å². The lowest BCUT2D eigenvalue weighted by atomic mass is 9.97. The molecule has 0 aliphatic heterocycles. The van der Waals surface area contributed by atoms with Crippen LogP contribution in [-0.4, -0.2) is 17.1 Å².